The molecule has 0 spiro atoms. The second-order valence-corrected chi connectivity index (χ2v) is 7.32. The van der Waals surface area contributed by atoms with Gasteiger partial charge in [-0.05, 0) is 48.7 Å². The first-order chi connectivity index (χ1) is 15.0. The van der Waals surface area contributed by atoms with Crippen molar-refractivity contribution in [3.05, 3.63) is 102 Å². The highest BCUT2D eigenvalue weighted by atomic mass is 16.5. The van der Waals surface area contributed by atoms with E-state index in [2.05, 4.69) is 0 Å². The Morgan fingerprint density at radius 3 is 1.90 bits per heavy atom. The molecule has 0 amide bonds. The molecule has 0 saturated carbocycles. The van der Waals surface area contributed by atoms with Gasteiger partial charge in [-0.3, -0.25) is 9.59 Å². The predicted molar refractivity (Wildman–Crippen MR) is 122 cm³/mol. The van der Waals surface area contributed by atoms with Crippen LogP contribution in [0, 0.1) is 5.92 Å². The van der Waals surface area contributed by atoms with Crippen LogP contribution in [-0.2, 0) is 22.8 Å². The van der Waals surface area contributed by atoms with E-state index in [9.17, 15) is 9.59 Å². The van der Waals surface area contributed by atoms with Crippen molar-refractivity contribution < 1.29 is 19.1 Å². The molecule has 1 unspecified atom stereocenters. The van der Waals surface area contributed by atoms with Crippen molar-refractivity contribution in [1.29, 1.82) is 0 Å². The molecule has 0 aromatic heterocycles. The molecule has 1 atom stereocenters. The highest BCUT2D eigenvalue weighted by molar-refractivity contribution is 6.07. The van der Waals surface area contributed by atoms with Crippen LogP contribution in [0.15, 0.2) is 84.9 Å². The SMILES string of the molecule is CC(=O)C(C)C(=O)/C=C/c1ccc(OCc2ccccc2)c(OCc2ccccc2)c1. The Balaban J connectivity index is 1.78. The molecule has 0 saturated heterocycles. The third kappa shape index (κ3) is 6.68. The number of ketones is 2. The first-order valence-corrected chi connectivity index (χ1v) is 10.2. The molecular weight excluding hydrogens is 388 g/mol. The van der Waals surface area contributed by atoms with Gasteiger partial charge in [0.25, 0.3) is 0 Å². The summed E-state index contributed by atoms with van der Waals surface area (Å²) in [5.41, 5.74) is 2.89. The van der Waals surface area contributed by atoms with Crippen LogP contribution in [0.4, 0.5) is 0 Å². The van der Waals surface area contributed by atoms with Gasteiger partial charge in [-0.2, -0.15) is 0 Å². The monoisotopic (exact) mass is 414 g/mol. The van der Waals surface area contributed by atoms with Crippen molar-refractivity contribution in [2.24, 2.45) is 5.92 Å². The van der Waals surface area contributed by atoms with E-state index in [1.807, 2.05) is 78.9 Å². The van der Waals surface area contributed by atoms with Crippen LogP contribution in [0.1, 0.15) is 30.5 Å². The summed E-state index contributed by atoms with van der Waals surface area (Å²) in [6.45, 7) is 3.86. The number of hydrogen-bond acceptors (Lipinski definition) is 4. The zero-order chi connectivity index (χ0) is 22.1. The molecule has 4 heteroatoms. The highest BCUT2D eigenvalue weighted by Gasteiger charge is 2.14. The van der Waals surface area contributed by atoms with Crippen LogP contribution in [-0.4, -0.2) is 11.6 Å². The molecule has 0 fully saturated rings. The number of carbonyl (C=O) groups is 2. The van der Waals surface area contributed by atoms with E-state index in [1.54, 1.807) is 13.0 Å². The van der Waals surface area contributed by atoms with E-state index in [1.165, 1.54) is 13.0 Å². The number of allylic oxidation sites excluding steroid dienone is 1. The van der Waals surface area contributed by atoms with Crippen molar-refractivity contribution in [3.63, 3.8) is 0 Å². The van der Waals surface area contributed by atoms with E-state index in [-0.39, 0.29) is 11.6 Å². The molecule has 0 radical (unpaired) electrons. The lowest BCUT2D eigenvalue weighted by molar-refractivity contribution is -0.128. The molecule has 3 rings (SSSR count). The van der Waals surface area contributed by atoms with Gasteiger partial charge in [0.05, 0.1) is 5.92 Å². The topological polar surface area (TPSA) is 52.6 Å². The van der Waals surface area contributed by atoms with E-state index < -0.39 is 5.92 Å². The molecule has 31 heavy (non-hydrogen) atoms. The maximum Gasteiger partial charge on any atom is 0.165 e. The lowest BCUT2D eigenvalue weighted by Gasteiger charge is -2.14. The van der Waals surface area contributed by atoms with Gasteiger partial charge in [-0.15, -0.1) is 0 Å². The summed E-state index contributed by atoms with van der Waals surface area (Å²) < 4.78 is 12.0. The molecule has 158 valence electrons. The Kier molecular flexibility index (Phi) is 7.77. The largest absolute Gasteiger partial charge is 0.485 e. The minimum Gasteiger partial charge on any atom is -0.485 e. The van der Waals surface area contributed by atoms with Crippen LogP contribution in [0.3, 0.4) is 0 Å². The first-order valence-electron chi connectivity index (χ1n) is 10.2. The summed E-state index contributed by atoms with van der Waals surface area (Å²) in [4.78, 5) is 23.5. The average molecular weight is 415 g/mol. The standard InChI is InChI=1S/C27H26O4/c1-20(21(2)28)25(29)15-13-22-14-16-26(30-18-23-9-5-3-6-10-23)27(17-22)31-19-24-11-7-4-8-12-24/h3-17,20H,18-19H2,1-2H3/b15-13+. The van der Waals surface area contributed by atoms with Gasteiger partial charge in [0, 0.05) is 0 Å². The fourth-order valence-electron chi connectivity index (χ4n) is 2.85. The summed E-state index contributed by atoms with van der Waals surface area (Å²) in [5, 5.41) is 0. The van der Waals surface area contributed by atoms with Crippen LogP contribution in [0.2, 0.25) is 0 Å². The predicted octanol–water partition coefficient (Wildman–Crippen LogP) is 5.65. The summed E-state index contributed by atoms with van der Waals surface area (Å²) in [5.74, 6) is 0.211. The Bertz CT molecular complexity index is 1040. The summed E-state index contributed by atoms with van der Waals surface area (Å²) in [6.07, 6.45) is 3.13. The van der Waals surface area contributed by atoms with Crippen LogP contribution in [0.5, 0.6) is 11.5 Å². The van der Waals surface area contributed by atoms with E-state index in [0.29, 0.717) is 24.7 Å². The van der Waals surface area contributed by atoms with Crippen LogP contribution in [0.25, 0.3) is 6.08 Å². The Labute approximate surface area is 183 Å². The van der Waals surface area contributed by atoms with Crippen molar-refractivity contribution in [2.75, 3.05) is 0 Å². The number of ether oxygens (including phenoxy) is 2. The lowest BCUT2D eigenvalue weighted by Crippen LogP contribution is -2.15. The molecular formula is C27H26O4. The third-order valence-electron chi connectivity index (χ3n) is 4.92. The van der Waals surface area contributed by atoms with Gasteiger partial charge in [0.2, 0.25) is 0 Å². The summed E-state index contributed by atoms with van der Waals surface area (Å²) >= 11 is 0. The molecule has 0 bridgehead atoms. The van der Waals surface area contributed by atoms with Gasteiger partial charge in [0.1, 0.15) is 19.0 Å². The Hall–Kier alpha value is -3.66. The fraction of sp³-hybridized carbons (Fsp3) is 0.185. The lowest BCUT2D eigenvalue weighted by atomic mass is 10.0. The molecule has 0 aliphatic heterocycles. The zero-order valence-corrected chi connectivity index (χ0v) is 17.8. The van der Waals surface area contributed by atoms with E-state index in [0.717, 1.165) is 16.7 Å². The quantitative estimate of drug-likeness (QED) is 0.318. The van der Waals surface area contributed by atoms with Crippen LogP contribution >= 0.6 is 0 Å². The number of carbonyl (C=O) groups excluding carboxylic acids is 2. The second kappa shape index (κ2) is 10.9. The van der Waals surface area contributed by atoms with Gasteiger partial charge >= 0.3 is 0 Å². The van der Waals surface area contributed by atoms with Crippen LogP contribution < -0.4 is 9.47 Å². The van der Waals surface area contributed by atoms with Crippen molar-refractivity contribution in [3.8, 4) is 11.5 Å². The fourth-order valence-corrected chi connectivity index (χ4v) is 2.85. The molecule has 0 heterocycles. The molecule has 0 aliphatic carbocycles. The Morgan fingerprint density at radius 2 is 1.35 bits per heavy atom. The van der Waals surface area contributed by atoms with Gasteiger partial charge in [0.15, 0.2) is 17.3 Å². The summed E-state index contributed by atoms with van der Waals surface area (Å²) in [7, 11) is 0. The van der Waals surface area contributed by atoms with Crippen molar-refractivity contribution >= 4 is 17.6 Å². The molecule has 4 nitrogen and oxygen atoms in total. The molecule has 3 aromatic rings. The molecule has 0 N–H and O–H groups in total. The maximum atomic E-state index is 12.1. The van der Waals surface area contributed by atoms with Gasteiger partial charge < -0.3 is 9.47 Å². The summed E-state index contributed by atoms with van der Waals surface area (Å²) in [6, 6.07) is 25.3. The second-order valence-electron chi connectivity index (χ2n) is 7.32. The normalized spacial score (nSPS) is 11.8. The average Bonchev–Trinajstić information content (AvgIpc) is 2.81. The van der Waals surface area contributed by atoms with E-state index >= 15 is 0 Å². The number of hydrogen-bond donors (Lipinski definition) is 0. The first kappa shape index (κ1) is 22.0. The van der Waals surface area contributed by atoms with Gasteiger partial charge in [-0.1, -0.05) is 72.8 Å². The minimum absolute atomic E-state index is 0.147. The number of rotatable bonds is 10. The van der Waals surface area contributed by atoms with Gasteiger partial charge in [-0.25, -0.2) is 0 Å². The Morgan fingerprint density at radius 1 is 0.806 bits per heavy atom. The van der Waals surface area contributed by atoms with E-state index in [4.69, 9.17) is 9.47 Å². The van der Waals surface area contributed by atoms with Crippen molar-refractivity contribution in [2.45, 2.75) is 27.1 Å². The maximum absolute atomic E-state index is 12.1. The number of benzene rings is 3. The minimum atomic E-state index is -0.640. The third-order valence-corrected chi connectivity index (χ3v) is 4.92. The number of Topliss-reactive ketones (excluding diaryl/α,β-unsaturated/α-hetero) is 1. The zero-order valence-electron chi connectivity index (χ0n) is 17.8. The molecule has 0 aliphatic rings. The van der Waals surface area contributed by atoms with Crippen molar-refractivity contribution in [1.82, 2.24) is 0 Å². The molecule has 3 aromatic carbocycles. The smallest absolute Gasteiger partial charge is 0.165 e. The highest BCUT2D eigenvalue weighted by Crippen LogP contribution is 2.30.